The quantitative estimate of drug-likeness (QED) is 0.907. The van der Waals surface area contributed by atoms with Crippen LogP contribution in [0, 0.1) is 0 Å². The lowest BCUT2D eigenvalue weighted by atomic mass is 9.99. The zero-order chi connectivity index (χ0) is 14.7. The van der Waals surface area contributed by atoms with Crippen LogP contribution < -0.4 is 15.4 Å². The molecule has 1 unspecified atom stereocenters. The fraction of sp³-hybridized carbons (Fsp3) is 0.733. The first-order chi connectivity index (χ1) is 10.3. The van der Waals surface area contributed by atoms with Crippen molar-refractivity contribution in [2.24, 2.45) is 0 Å². The number of rotatable bonds is 4. The molecule has 2 aliphatic heterocycles. The molecule has 3 rings (SSSR count). The van der Waals surface area contributed by atoms with Crippen molar-refractivity contribution in [1.29, 1.82) is 0 Å². The Morgan fingerprint density at radius 2 is 2.19 bits per heavy atom. The van der Waals surface area contributed by atoms with Crippen LogP contribution in [-0.2, 0) is 0 Å². The van der Waals surface area contributed by atoms with E-state index in [1.54, 1.807) is 6.33 Å². The van der Waals surface area contributed by atoms with E-state index < -0.39 is 0 Å². The van der Waals surface area contributed by atoms with Crippen LogP contribution in [0.2, 0.25) is 0 Å². The van der Waals surface area contributed by atoms with Gasteiger partial charge >= 0.3 is 0 Å². The minimum absolute atomic E-state index is 0.521. The summed E-state index contributed by atoms with van der Waals surface area (Å²) in [5.74, 6) is 1.36. The molecular formula is C15H25N5O. The number of piperidine rings is 1. The van der Waals surface area contributed by atoms with Gasteiger partial charge in [0.25, 0.3) is 0 Å². The molecule has 116 valence electrons. The maximum atomic E-state index is 6.22. The number of fused-ring (bicyclic) bond motifs is 1. The van der Waals surface area contributed by atoms with E-state index in [1.807, 2.05) is 0 Å². The summed E-state index contributed by atoms with van der Waals surface area (Å²) in [6.45, 7) is 7.03. The van der Waals surface area contributed by atoms with Crippen molar-refractivity contribution in [1.82, 2.24) is 14.9 Å². The second-order valence-corrected chi connectivity index (χ2v) is 5.90. The summed E-state index contributed by atoms with van der Waals surface area (Å²) >= 11 is 0. The zero-order valence-electron chi connectivity index (χ0n) is 12.8. The maximum Gasteiger partial charge on any atom is 0.242 e. The number of ether oxygens (including phenoxy) is 1. The Morgan fingerprint density at radius 1 is 1.29 bits per heavy atom. The van der Waals surface area contributed by atoms with Crippen molar-refractivity contribution in [3.05, 3.63) is 6.33 Å². The first kappa shape index (κ1) is 14.4. The van der Waals surface area contributed by atoms with Crippen LogP contribution in [0.3, 0.4) is 0 Å². The Bertz CT molecular complexity index is 481. The average molecular weight is 291 g/mol. The summed E-state index contributed by atoms with van der Waals surface area (Å²) in [5.41, 5.74) is 6.80. The first-order valence-electron chi connectivity index (χ1n) is 8.02. The molecule has 2 N–H and O–H groups in total. The second kappa shape index (κ2) is 6.47. The van der Waals surface area contributed by atoms with Gasteiger partial charge < -0.3 is 15.4 Å². The monoisotopic (exact) mass is 291 g/mol. The summed E-state index contributed by atoms with van der Waals surface area (Å²) in [5, 5.41) is 0. The maximum absolute atomic E-state index is 6.22. The summed E-state index contributed by atoms with van der Waals surface area (Å²) in [6, 6.07) is 0.641. The van der Waals surface area contributed by atoms with Gasteiger partial charge in [-0.05, 0) is 25.8 Å². The smallest absolute Gasteiger partial charge is 0.242 e. The predicted octanol–water partition coefficient (Wildman–Crippen LogP) is 1.52. The van der Waals surface area contributed by atoms with Gasteiger partial charge in [0.15, 0.2) is 5.82 Å². The Kier molecular flexibility index (Phi) is 4.43. The molecule has 1 aromatic rings. The van der Waals surface area contributed by atoms with E-state index in [0.717, 1.165) is 31.9 Å². The topological polar surface area (TPSA) is 67.5 Å². The molecule has 0 spiro atoms. The molecule has 0 amide bonds. The van der Waals surface area contributed by atoms with Crippen molar-refractivity contribution in [2.75, 3.05) is 43.4 Å². The Hall–Kier alpha value is -1.56. The molecule has 21 heavy (non-hydrogen) atoms. The van der Waals surface area contributed by atoms with Gasteiger partial charge in [-0.3, -0.25) is 4.90 Å². The lowest BCUT2D eigenvalue weighted by Crippen LogP contribution is -2.55. The number of nitrogens with zero attached hydrogens (tertiary/aromatic N) is 4. The lowest BCUT2D eigenvalue weighted by Gasteiger charge is -2.44. The third-order valence-electron chi connectivity index (χ3n) is 4.41. The van der Waals surface area contributed by atoms with E-state index >= 15 is 0 Å². The molecule has 0 radical (unpaired) electrons. The van der Waals surface area contributed by atoms with E-state index in [-0.39, 0.29) is 0 Å². The molecule has 1 aromatic heterocycles. The van der Waals surface area contributed by atoms with Crippen molar-refractivity contribution < 1.29 is 4.74 Å². The van der Waals surface area contributed by atoms with Gasteiger partial charge in [-0.1, -0.05) is 13.3 Å². The van der Waals surface area contributed by atoms with Gasteiger partial charge in [0.2, 0.25) is 5.88 Å². The fourth-order valence-corrected chi connectivity index (χ4v) is 3.28. The van der Waals surface area contributed by atoms with Crippen molar-refractivity contribution in [2.45, 2.75) is 38.6 Å². The fourth-order valence-electron chi connectivity index (χ4n) is 3.28. The van der Waals surface area contributed by atoms with Gasteiger partial charge in [0.1, 0.15) is 12.0 Å². The molecule has 0 aromatic carbocycles. The van der Waals surface area contributed by atoms with E-state index in [1.165, 1.54) is 25.8 Å². The van der Waals surface area contributed by atoms with Crippen LogP contribution in [0.25, 0.3) is 0 Å². The molecule has 0 saturated carbocycles. The molecule has 1 atom stereocenters. The molecule has 2 aliphatic rings. The van der Waals surface area contributed by atoms with Crippen molar-refractivity contribution >= 4 is 11.5 Å². The SMILES string of the molecule is CCCOc1ncnc(N2CCN3CCCCC3C2)c1N. The third-order valence-corrected chi connectivity index (χ3v) is 4.41. The summed E-state index contributed by atoms with van der Waals surface area (Å²) in [4.78, 5) is 13.5. The zero-order valence-corrected chi connectivity index (χ0v) is 12.8. The molecule has 6 heteroatoms. The van der Waals surface area contributed by atoms with E-state index in [4.69, 9.17) is 10.5 Å². The van der Waals surface area contributed by atoms with E-state index in [2.05, 4.69) is 26.7 Å². The Morgan fingerprint density at radius 3 is 3.05 bits per heavy atom. The number of piperazine rings is 1. The van der Waals surface area contributed by atoms with Crippen molar-refractivity contribution in [3.63, 3.8) is 0 Å². The normalized spacial score (nSPS) is 22.9. The highest BCUT2D eigenvalue weighted by molar-refractivity contribution is 5.68. The van der Waals surface area contributed by atoms with E-state index in [0.29, 0.717) is 24.2 Å². The molecule has 3 heterocycles. The highest BCUT2D eigenvalue weighted by Crippen LogP contribution is 2.31. The second-order valence-electron chi connectivity index (χ2n) is 5.90. The number of nitrogens with two attached hydrogens (primary N) is 1. The summed E-state index contributed by atoms with van der Waals surface area (Å²) in [6.07, 6.45) is 6.45. The molecular weight excluding hydrogens is 266 g/mol. The van der Waals surface area contributed by atoms with Crippen molar-refractivity contribution in [3.8, 4) is 5.88 Å². The van der Waals surface area contributed by atoms with Crippen LogP contribution in [0.4, 0.5) is 11.5 Å². The number of aromatic nitrogens is 2. The largest absolute Gasteiger partial charge is 0.476 e. The van der Waals surface area contributed by atoms with E-state index in [9.17, 15) is 0 Å². The predicted molar refractivity (Wildman–Crippen MR) is 83.7 cm³/mol. The van der Waals surface area contributed by atoms with Gasteiger partial charge in [-0.2, -0.15) is 4.98 Å². The first-order valence-corrected chi connectivity index (χ1v) is 8.02. The van der Waals surface area contributed by atoms with Gasteiger partial charge in [-0.15, -0.1) is 0 Å². The highest BCUT2D eigenvalue weighted by atomic mass is 16.5. The average Bonchev–Trinajstić information content (AvgIpc) is 2.53. The summed E-state index contributed by atoms with van der Waals surface area (Å²) in [7, 11) is 0. The van der Waals surface area contributed by atoms with Crippen LogP contribution in [0.1, 0.15) is 32.6 Å². The number of nitrogen functional groups attached to an aromatic ring is 1. The molecule has 2 fully saturated rings. The van der Waals surface area contributed by atoms with Crippen LogP contribution in [-0.4, -0.2) is 53.7 Å². The van der Waals surface area contributed by atoms with Gasteiger partial charge in [0, 0.05) is 25.7 Å². The van der Waals surface area contributed by atoms with Crippen LogP contribution in [0.15, 0.2) is 6.33 Å². The standard InChI is InChI=1S/C15H25N5O/c1-2-9-21-15-13(16)14(17-11-18-15)20-8-7-19-6-4-3-5-12(19)10-20/h11-12H,2-10,16H2,1H3. The van der Waals surface area contributed by atoms with Crippen LogP contribution >= 0.6 is 0 Å². The Balaban J connectivity index is 1.74. The molecule has 2 saturated heterocycles. The number of hydrogen-bond donors (Lipinski definition) is 1. The highest BCUT2D eigenvalue weighted by Gasteiger charge is 2.30. The summed E-state index contributed by atoms with van der Waals surface area (Å²) < 4.78 is 5.61. The molecule has 6 nitrogen and oxygen atoms in total. The van der Waals surface area contributed by atoms with Gasteiger partial charge in [-0.25, -0.2) is 4.98 Å². The minimum atomic E-state index is 0.521. The van der Waals surface area contributed by atoms with Gasteiger partial charge in [0.05, 0.1) is 6.61 Å². The van der Waals surface area contributed by atoms with Crippen LogP contribution in [0.5, 0.6) is 5.88 Å². The third kappa shape index (κ3) is 3.05. The number of hydrogen-bond acceptors (Lipinski definition) is 6. The Labute approximate surface area is 126 Å². The lowest BCUT2D eigenvalue weighted by molar-refractivity contribution is 0.133. The molecule has 0 bridgehead atoms. The number of anilines is 2. The minimum Gasteiger partial charge on any atom is -0.476 e. The molecule has 0 aliphatic carbocycles.